The molecule has 0 fully saturated rings. The van der Waals surface area contributed by atoms with E-state index in [2.05, 4.69) is 13.8 Å². The molecule has 1 unspecified atom stereocenters. The number of hydrogen-bond donors (Lipinski definition) is 1. The minimum absolute atomic E-state index is 0.0508. The molecule has 1 aliphatic carbocycles. The number of furan rings is 1. The summed E-state index contributed by atoms with van der Waals surface area (Å²) in [7, 11) is 0. The van der Waals surface area contributed by atoms with Crippen molar-refractivity contribution in [3.63, 3.8) is 0 Å². The summed E-state index contributed by atoms with van der Waals surface area (Å²) < 4.78 is 6.11. The van der Waals surface area contributed by atoms with Crippen molar-refractivity contribution in [3.8, 4) is 0 Å². The molecule has 0 saturated carbocycles. The second kappa shape index (κ2) is 8.11. The zero-order valence-corrected chi connectivity index (χ0v) is 17.9. The Kier molecular flexibility index (Phi) is 5.52. The molecule has 156 valence electrons. The number of carbonyl (C=O) groups excluding carboxylic acids is 1. The zero-order valence-electron chi connectivity index (χ0n) is 17.9. The van der Waals surface area contributed by atoms with Crippen LogP contribution in [0.1, 0.15) is 64.9 Å². The maximum Gasteiger partial charge on any atom is 0.290 e. The third-order valence-corrected chi connectivity index (χ3v) is 5.90. The fraction of sp³-hybridized carbons (Fsp3) is 0.346. The maximum absolute atomic E-state index is 13.6. The first-order valence-electron chi connectivity index (χ1n) is 10.5. The van der Waals surface area contributed by atoms with Gasteiger partial charge in [-0.3, -0.25) is 4.79 Å². The number of amides is 1. The molecule has 0 aliphatic heterocycles. The number of rotatable bonds is 5. The Hall–Kier alpha value is -2.85. The predicted molar refractivity (Wildman–Crippen MR) is 117 cm³/mol. The highest BCUT2D eigenvalue weighted by Crippen LogP contribution is 2.44. The molecule has 4 nitrogen and oxygen atoms in total. The van der Waals surface area contributed by atoms with Crippen molar-refractivity contribution in [2.75, 3.05) is 0 Å². The van der Waals surface area contributed by atoms with Crippen LogP contribution in [0.2, 0.25) is 0 Å². The van der Waals surface area contributed by atoms with Gasteiger partial charge in [0, 0.05) is 30.6 Å². The minimum atomic E-state index is -0.592. The topological polar surface area (TPSA) is 53.7 Å². The summed E-state index contributed by atoms with van der Waals surface area (Å²) in [5.41, 5.74) is 3.65. The normalized spacial score (nSPS) is 17.4. The van der Waals surface area contributed by atoms with Gasteiger partial charge in [-0.15, -0.1) is 0 Å². The Morgan fingerprint density at radius 2 is 1.57 bits per heavy atom. The van der Waals surface area contributed by atoms with Gasteiger partial charge >= 0.3 is 0 Å². The number of hydrogen-bond acceptors (Lipinski definition) is 3. The Labute approximate surface area is 178 Å². The van der Waals surface area contributed by atoms with Gasteiger partial charge in [-0.25, -0.2) is 0 Å². The minimum Gasteiger partial charge on any atom is -0.455 e. The van der Waals surface area contributed by atoms with Crippen LogP contribution >= 0.6 is 0 Å². The van der Waals surface area contributed by atoms with E-state index in [-0.39, 0.29) is 11.3 Å². The van der Waals surface area contributed by atoms with Crippen molar-refractivity contribution in [3.05, 3.63) is 94.4 Å². The zero-order chi connectivity index (χ0) is 21.3. The molecule has 1 heterocycles. The van der Waals surface area contributed by atoms with Gasteiger partial charge in [0.2, 0.25) is 0 Å². The molecular formula is C26H29NO3. The van der Waals surface area contributed by atoms with Crippen molar-refractivity contribution in [2.45, 2.75) is 52.8 Å². The highest BCUT2D eigenvalue weighted by molar-refractivity contribution is 5.93. The van der Waals surface area contributed by atoms with Crippen molar-refractivity contribution >= 4 is 5.91 Å². The van der Waals surface area contributed by atoms with Crippen LogP contribution in [-0.2, 0) is 19.5 Å². The van der Waals surface area contributed by atoms with E-state index >= 15 is 0 Å². The lowest BCUT2D eigenvalue weighted by Crippen LogP contribution is -2.30. The van der Waals surface area contributed by atoms with Gasteiger partial charge in [-0.1, -0.05) is 74.5 Å². The Bertz CT molecular complexity index is 980. The molecule has 1 N–H and O–H groups in total. The van der Waals surface area contributed by atoms with Crippen molar-refractivity contribution in [1.82, 2.24) is 4.90 Å². The number of aliphatic hydroxyl groups is 1. The van der Waals surface area contributed by atoms with Crippen LogP contribution in [0.15, 0.2) is 65.1 Å². The number of carbonyl (C=O) groups is 1. The monoisotopic (exact) mass is 403 g/mol. The Morgan fingerprint density at radius 1 is 1.03 bits per heavy atom. The Morgan fingerprint density at radius 3 is 2.10 bits per heavy atom. The number of fused-ring (bicyclic) bond motifs is 1. The number of aliphatic hydroxyl groups excluding tert-OH is 1. The molecule has 30 heavy (non-hydrogen) atoms. The first-order valence-corrected chi connectivity index (χ1v) is 10.5. The highest BCUT2D eigenvalue weighted by Gasteiger charge is 2.37. The molecule has 0 spiro atoms. The average molecular weight is 404 g/mol. The van der Waals surface area contributed by atoms with E-state index in [9.17, 15) is 9.90 Å². The lowest BCUT2D eigenvalue weighted by Gasteiger charge is -2.31. The first kappa shape index (κ1) is 20.4. The van der Waals surface area contributed by atoms with Crippen LogP contribution in [0.5, 0.6) is 0 Å². The van der Waals surface area contributed by atoms with E-state index in [1.807, 2.05) is 72.5 Å². The third-order valence-electron chi connectivity index (χ3n) is 5.90. The smallest absolute Gasteiger partial charge is 0.290 e. The lowest BCUT2D eigenvalue weighted by atomic mass is 9.75. The predicted octanol–water partition coefficient (Wildman–Crippen LogP) is 5.44. The SMILES string of the molecule is Cc1c(C(=O)N(Cc2ccccc2)Cc2ccccc2)oc2c1C(O)CC(C)(C)C2. The second-order valence-electron chi connectivity index (χ2n) is 9.09. The summed E-state index contributed by atoms with van der Waals surface area (Å²) in [4.78, 5) is 15.4. The average Bonchev–Trinajstić information content (AvgIpc) is 3.03. The molecule has 2 aromatic carbocycles. The van der Waals surface area contributed by atoms with Gasteiger partial charge in [-0.05, 0) is 29.9 Å². The van der Waals surface area contributed by atoms with Crippen LogP contribution in [0.3, 0.4) is 0 Å². The summed E-state index contributed by atoms with van der Waals surface area (Å²) in [6.45, 7) is 7.12. The molecule has 0 radical (unpaired) electrons. The quantitative estimate of drug-likeness (QED) is 0.617. The molecule has 1 atom stereocenters. The van der Waals surface area contributed by atoms with Gasteiger partial charge in [0.25, 0.3) is 5.91 Å². The molecule has 1 aliphatic rings. The van der Waals surface area contributed by atoms with Crippen LogP contribution in [-0.4, -0.2) is 15.9 Å². The van der Waals surface area contributed by atoms with Crippen LogP contribution in [0.25, 0.3) is 0 Å². The van der Waals surface area contributed by atoms with Crippen molar-refractivity contribution in [2.24, 2.45) is 5.41 Å². The summed E-state index contributed by atoms with van der Waals surface area (Å²) in [6, 6.07) is 20.0. The first-order chi connectivity index (χ1) is 14.3. The summed E-state index contributed by atoms with van der Waals surface area (Å²) in [5.74, 6) is 0.960. The fourth-order valence-electron chi connectivity index (χ4n) is 4.44. The lowest BCUT2D eigenvalue weighted by molar-refractivity contribution is 0.0687. The van der Waals surface area contributed by atoms with Crippen molar-refractivity contribution < 1.29 is 14.3 Å². The molecule has 1 amide bonds. The van der Waals surface area contributed by atoms with E-state index in [0.29, 0.717) is 25.3 Å². The molecule has 3 aromatic rings. The van der Waals surface area contributed by atoms with Gasteiger partial charge in [-0.2, -0.15) is 0 Å². The van der Waals surface area contributed by atoms with E-state index in [1.165, 1.54) is 0 Å². The second-order valence-corrected chi connectivity index (χ2v) is 9.09. The van der Waals surface area contributed by atoms with Gasteiger partial charge in [0.1, 0.15) is 5.76 Å². The highest BCUT2D eigenvalue weighted by atomic mass is 16.4. The van der Waals surface area contributed by atoms with Gasteiger partial charge in [0.15, 0.2) is 5.76 Å². The van der Waals surface area contributed by atoms with Gasteiger partial charge in [0.05, 0.1) is 6.10 Å². The molecular weight excluding hydrogens is 374 g/mol. The van der Waals surface area contributed by atoms with Crippen LogP contribution in [0.4, 0.5) is 0 Å². The van der Waals surface area contributed by atoms with Crippen LogP contribution in [0, 0.1) is 12.3 Å². The molecule has 4 rings (SSSR count). The van der Waals surface area contributed by atoms with Crippen molar-refractivity contribution in [1.29, 1.82) is 0 Å². The number of benzene rings is 2. The maximum atomic E-state index is 13.6. The molecule has 4 heteroatoms. The van der Waals surface area contributed by atoms with Gasteiger partial charge < -0.3 is 14.4 Å². The Balaban J connectivity index is 1.68. The third kappa shape index (κ3) is 4.19. The summed E-state index contributed by atoms with van der Waals surface area (Å²) in [5, 5.41) is 10.7. The molecule has 0 bridgehead atoms. The van der Waals surface area contributed by atoms with Crippen LogP contribution < -0.4 is 0 Å². The van der Waals surface area contributed by atoms with E-state index in [1.54, 1.807) is 0 Å². The largest absolute Gasteiger partial charge is 0.455 e. The standard InChI is InChI=1S/C26H29NO3/c1-18-23-21(28)14-26(2,3)15-22(23)30-24(18)25(29)27(16-19-10-6-4-7-11-19)17-20-12-8-5-9-13-20/h4-13,21,28H,14-17H2,1-3H3. The van der Waals surface area contributed by atoms with E-state index < -0.39 is 6.10 Å². The molecule has 0 saturated heterocycles. The molecule has 1 aromatic heterocycles. The number of nitrogens with zero attached hydrogens (tertiary/aromatic N) is 1. The summed E-state index contributed by atoms with van der Waals surface area (Å²) >= 11 is 0. The fourth-order valence-corrected chi connectivity index (χ4v) is 4.44. The van der Waals surface area contributed by atoms with E-state index in [0.717, 1.165) is 34.4 Å². The summed E-state index contributed by atoms with van der Waals surface area (Å²) in [6.07, 6.45) is 0.808. The van der Waals surface area contributed by atoms with E-state index in [4.69, 9.17) is 4.42 Å².